The van der Waals surface area contributed by atoms with E-state index in [0.717, 1.165) is 21.0 Å². The van der Waals surface area contributed by atoms with Crippen molar-refractivity contribution in [2.75, 3.05) is 5.32 Å². The van der Waals surface area contributed by atoms with Crippen LogP contribution in [0, 0.1) is 0 Å². The van der Waals surface area contributed by atoms with Gasteiger partial charge in [0.25, 0.3) is 0 Å². The van der Waals surface area contributed by atoms with Crippen molar-refractivity contribution >= 4 is 16.6 Å². The van der Waals surface area contributed by atoms with Crippen molar-refractivity contribution in [2.24, 2.45) is 0 Å². The molecule has 0 spiro atoms. The quantitative estimate of drug-likeness (QED) is 0.705. The van der Waals surface area contributed by atoms with E-state index in [4.69, 9.17) is 0 Å². The molecule has 1 aliphatic heterocycles. The highest BCUT2D eigenvalue weighted by atomic mass is 19.4. The molecule has 2 aromatic carbocycles. The van der Waals surface area contributed by atoms with Crippen LogP contribution in [0.4, 0.5) is 19.0 Å². The van der Waals surface area contributed by atoms with Crippen molar-refractivity contribution in [3.8, 4) is 0 Å². The Morgan fingerprint density at radius 1 is 1.04 bits per heavy atom. The molecule has 3 nitrogen and oxygen atoms in total. The number of hydrogen-bond acceptors (Lipinski definition) is 2. The van der Waals surface area contributed by atoms with Crippen LogP contribution in [0.25, 0.3) is 10.8 Å². The molecule has 2 heterocycles. The average molecular weight is 317 g/mol. The summed E-state index contributed by atoms with van der Waals surface area (Å²) in [4.78, 5) is 0. The Hall–Kier alpha value is -2.50. The standard InChI is InChI=1S/C17H14F3N3/c18-17(19,20)15-10-14(22-16-7-8-21-23(15)16)13-6-5-11-3-1-2-4-12(11)9-13/h1-9,14-15,22H,10H2. The number of benzene rings is 2. The Labute approximate surface area is 130 Å². The van der Waals surface area contributed by atoms with E-state index in [9.17, 15) is 13.2 Å². The zero-order valence-electron chi connectivity index (χ0n) is 12.1. The fourth-order valence-electron chi connectivity index (χ4n) is 3.15. The Morgan fingerprint density at radius 3 is 2.61 bits per heavy atom. The van der Waals surface area contributed by atoms with Crippen molar-refractivity contribution in [2.45, 2.75) is 24.7 Å². The van der Waals surface area contributed by atoms with E-state index in [1.807, 2.05) is 42.5 Å². The third-order valence-electron chi connectivity index (χ3n) is 4.30. The molecule has 0 amide bonds. The summed E-state index contributed by atoms with van der Waals surface area (Å²) in [6, 6.07) is 13.2. The molecule has 118 valence electrons. The lowest BCUT2D eigenvalue weighted by atomic mass is 9.95. The Bertz CT molecular complexity index is 853. The minimum absolute atomic E-state index is 0.0729. The molecule has 0 radical (unpaired) electrons. The maximum Gasteiger partial charge on any atom is 0.410 e. The van der Waals surface area contributed by atoms with Gasteiger partial charge < -0.3 is 5.32 Å². The summed E-state index contributed by atoms with van der Waals surface area (Å²) >= 11 is 0. The van der Waals surface area contributed by atoms with Crippen molar-refractivity contribution in [1.82, 2.24) is 9.78 Å². The Morgan fingerprint density at radius 2 is 1.83 bits per heavy atom. The molecule has 1 N–H and O–H groups in total. The lowest BCUT2D eigenvalue weighted by molar-refractivity contribution is -0.173. The molecule has 0 saturated carbocycles. The monoisotopic (exact) mass is 317 g/mol. The normalized spacial score (nSPS) is 21.0. The maximum atomic E-state index is 13.4. The fraction of sp³-hybridized carbons (Fsp3) is 0.235. The molecule has 0 bridgehead atoms. The van der Waals surface area contributed by atoms with Crippen molar-refractivity contribution in [3.05, 3.63) is 60.3 Å². The topological polar surface area (TPSA) is 29.9 Å². The van der Waals surface area contributed by atoms with Crippen LogP contribution in [0.5, 0.6) is 0 Å². The summed E-state index contributed by atoms with van der Waals surface area (Å²) in [6.07, 6.45) is -3.00. The first-order valence-corrected chi connectivity index (χ1v) is 7.38. The Kier molecular flexibility index (Phi) is 3.07. The molecule has 0 fully saturated rings. The van der Waals surface area contributed by atoms with Gasteiger partial charge in [0.05, 0.1) is 12.2 Å². The van der Waals surface area contributed by atoms with E-state index in [0.29, 0.717) is 5.82 Å². The molecule has 1 aliphatic rings. The molecule has 23 heavy (non-hydrogen) atoms. The summed E-state index contributed by atoms with van der Waals surface area (Å²) in [7, 11) is 0. The SMILES string of the molecule is FC(F)(F)C1CC(c2ccc3ccccc3c2)Nc2ccnn21. The predicted octanol–water partition coefficient (Wildman–Crippen LogP) is 4.70. The van der Waals surface area contributed by atoms with Gasteiger partial charge in [0.2, 0.25) is 0 Å². The van der Waals surface area contributed by atoms with E-state index >= 15 is 0 Å². The lowest BCUT2D eigenvalue weighted by Gasteiger charge is -2.33. The van der Waals surface area contributed by atoms with E-state index < -0.39 is 18.3 Å². The smallest absolute Gasteiger partial charge is 0.363 e. The fourth-order valence-corrected chi connectivity index (χ4v) is 3.15. The molecule has 2 atom stereocenters. The number of aromatic nitrogens is 2. The summed E-state index contributed by atoms with van der Waals surface area (Å²) in [6.45, 7) is 0. The van der Waals surface area contributed by atoms with Gasteiger partial charge in [0.1, 0.15) is 5.82 Å². The lowest BCUT2D eigenvalue weighted by Crippen LogP contribution is -2.35. The molecule has 2 unspecified atom stereocenters. The first kappa shape index (κ1) is 14.1. The van der Waals surface area contributed by atoms with Gasteiger partial charge in [0.15, 0.2) is 6.04 Å². The first-order valence-electron chi connectivity index (χ1n) is 7.38. The van der Waals surface area contributed by atoms with E-state index in [-0.39, 0.29) is 6.42 Å². The van der Waals surface area contributed by atoms with Gasteiger partial charge in [-0.15, -0.1) is 0 Å². The minimum atomic E-state index is -4.32. The van der Waals surface area contributed by atoms with Crippen molar-refractivity contribution in [3.63, 3.8) is 0 Å². The highest BCUT2D eigenvalue weighted by Crippen LogP contribution is 2.43. The Balaban J connectivity index is 1.74. The molecule has 1 aromatic heterocycles. The number of halogens is 3. The van der Waals surface area contributed by atoms with E-state index in [1.54, 1.807) is 6.07 Å². The third kappa shape index (κ3) is 2.44. The number of anilines is 1. The predicted molar refractivity (Wildman–Crippen MR) is 82.2 cm³/mol. The number of fused-ring (bicyclic) bond motifs is 2. The summed E-state index contributed by atoms with van der Waals surface area (Å²) in [5, 5.41) is 9.07. The molecule has 6 heteroatoms. The largest absolute Gasteiger partial charge is 0.410 e. The second-order valence-electron chi connectivity index (χ2n) is 5.76. The van der Waals surface area contributed by atoms with Gasteiger partial charge in [0, 0.05) is 12.5 Å². The van der Waals surface area contributed by atoms with Crippen LogP contribution < -0.4 is 5.32 Å². The number of alkyl halides is 3. The highest BCUT2D eigenvalue weighted by molar-refractivity contribution is 5.83. The molecular formula is C17H14F3N3. The van der Waals surface area contributed by atoms with Gasteiger partial charge in [-0.25, -0.2) is 4.68 Å². The number of nitrogens with zero attached hydrogens (tertiary/aromatic N) is 2. The highest BCUT2D eigenvalue weighted by Gasteiger charge is 2.46. The van der Waals surface area contributed by atoms with E-state index in [2.05, 4.69) is 10.4 Å². The molecular weight excluding hydrogens is 303 g/mol. The molecule has 3 aromatic rings. The van der Waals surface area contributed by atoms with Crippen LogP contribution in [0.3, 0.4) is 0 Å². The van der Waals surface area contributed by atoms with Crippen LogP contribution in [-0.4, -0.2) is 16.0 Å². The van der Waals surface area contributed by atoms with Crippen LogP contribution in [-0.2, 0) is 0 Å². The van der Waals surface area contributed by atoms with Gasteiger partial charge >= 0.3 is 6.18 Å². The van der Waals surface area contributed by atoms with Gasteiger partial charge in [-0.1, -0.05) is 36.4 Å². The molecule has 0 aliphatic carbocycles. The van der Waals surface area contributed by atoms with Crippen LogP contribution in [0.1, 0.15) is 24.1 Å². The van der Waals surface area contributed by atoms with Crippen LogP contribution >= 0.6 is 0 Å². The zero-order chi connectivity index (χ0) is 16.0. The number of nitrogens with one attached hydrogen (secondary N) is 1. The molecule has 0 saturated heterocycles. The van der Waals surface area contributed by atoms with Crippen molar-refractivity contribution < 1.29 is 13.2 Å². The number of hydrogen-bond donors (Lipinski definition) is 1. The van der Waals surface area contributed by atoms with Crippen LogP contribution in [0.15, 0.2) is 54.7 Å². The number of rotatable bonds is 1. The first-order chi connectivity index (χ1) is 11.0. The maximum absolute atomic E-state index is 13.4. The van der Waals surface area contributed by atoms with Crippen LogP contribution in [0.2, 0.25) is 0 Å². The van der Waals surface area contributed by atoms with Gasteiger partial charge in [-0.2, -0.15) is 18.3 Å². The van der Waals surface area contributed by atoms with Crippen molar-refractivity contribution in [1.29, 1.82) is 0 Å². The van der Waals surface area contributed by atoms with Gasteiger partial charge in [-0.3, -0.25) is 0 Å². The summed E-state index contributed by atoms with van der Waals surface area (Å²) < 4.78 is 41.1. The average Bonchev–Trinajstić information content (AvgIpc) is 3.00. The summed E-state index contributed by atoms with van der Waals surface area (Å²) in [5.74, 6) is 0.400. The zero-order valence-corrected chi connectivity index (χ0v) is 12.1. The van der Waals surface area contributed by atoms with E-state index in [1.165, 1.54) is 6.20 Å². The second-order valence-corrected chi connectivity index (χ2v) is 5.76. The molecule has 4 rings (SSSR count). The second kappa shape index (κ2) is 5.01. The minimum Gasteiger partial charge on any atom is -0.363 e. The summed E-state index contributed by atoms with van der Waals surface area (Å²) in [5.41, 5.74) is 0.852. The third-order valence-corrected chi connectivity index (χ3v) is 4.30. The van der Waals surface area contributed by atoms with Gasteiger partial charge in [-0.05, 0) is 22.4 Å².